The van der Waals surface area contributed by atoms with Gasteiger partial charge in [-0.15, -0.1) is 0 Å². The Hall–Kier alpha value is -1.76. The van der Waals surface area contributed by atoms with Gasteiger partial charge >= 0.3 is 6.09 Å². The molecule has 3 aliphatic rings. The molecule has 25 heavy (non-hydrogen) atoms. The normalized spacial score (nSPS) is 30.6. The molecule has 1 aromatic rings. The first-order valence-electron chi connectivity index (χ1n) is 9.55. The van der Waals surface area contributed by atoms with Crippen molar-refractivity contribution >= 4 is 11.9 Å². The maximum Gasteiger partial charge on any atom is 0.409 e. The molecule has 1 aliphatic carbocycles. The van der Waals surface area contributed by atoms with Crippen molar-refractivity contribution in [3.63, 3.8) is 0 Å². The fraction of sp³-hybridized carbons (Fsp3) is 0.778. The van der Waals surface area contributed by atoms with Crippen LogP contribution in [0.15, 0.2) is 6.07 Å². The zero-order valence-electron chi connectivity index (χ0n) is 15.0. The second kappa shape index (κ2) is 6.52. The van der Waals surface area contributed by atoms with Crippen molar-refractivity contribution in [1.82, 2.24) is 20.0 Å². The molecule has 2 saturated heterocycles. The molecular weight excluding hydrogens is 318 g/mol. The van der Waals surface area contributed by atoms with Gasteiger partial charge in [-0.05, 0) is 57.5 Å². The number of amides is 1. The molecule has 7 nitrogen and oxygen atoms in total. The van der Waals surface area contributed by atoms with Gasteiger partial charge in [-0.2, -0.15) is 5.10 Å². The highest BCUT2D eigenvalue weighted by atomic mass is 16.6. The molecule has 7 heteroatoms. The summed E-state index contributed by atoms with van der Waals surface area (Å²) < 4.78 is 5.15. The summed E-state index contributed by atoms with van der Waals surface area (Å²) in [5.41, 5.74) is 7.26. The topological polar surface area (TPSA) is 87.5 Å². The number of nitrogens with one attached hydrogen (secondary N) is 1. The van der Waals surface area contributed by atoms with Gasteiger partial charge in [0.15, 0.2) is 0 Å². The molecule has 3 heterocycles. The average molecular weight is 347 g/mol. The Morgan fingerprint density at radius 3 is 2.80 bits per heavy atom. The van der Waals surface area contributed by atoms with Gasteiger partial charge in [0.25, 0.3) is 0 Å². The summed E-state index contributed by atoms with van der Waals surface area (Å²) in [6.45, 7) is 6.35. The van der Waals surface area contributed by atoms with E-state index in [-0.39, 0.29) is 6.09 Å². The van der Waals surface area contributed by atoms with Crippen molar-refractivity contribution in [2.24, 2.45) is 5.41 Å². The number of carbonyl (C=O) groups is 1. The minimum absolute atomic E-state index is 0.137. The van der Waals surface area contributed by atoms with Crippen LogP contribution in [-0.4, -0.2) is 64.9 Å². The molecule has 1 saturated carbocycles. The predicted octanol–water partition coefficient (Wildman–Crippen LogP) is 2.18. The number of aromatic nitrogens is 2. The molecule has 0 radical (unpaired) electrons. The van der Waals surface area contributed by atoms with E-state index in [0.29, 0.717) is 29.8 Å². The molecule has 2 aliphatic heterocycles. The number of piperidine rings is 1. The van der Waals surface area contributed by atoms with Crippen molar-refractivity contribution in [3.8, 4) is 0 Å². The van der Waals surface area contributed by atoms with Crippen LogP contribution >= 0.6 is 0 Å². The Kier molecular flexibility index (Phi) is 4.35. The maximum absolute atomic E-state index is 11.9. The van der Waals surface area contributed by atoms with Gasteiger partial charge in [0.05, 0.1) is 6.61 Å². The van der Waals surface area contributed by atoms with E-state index in [4.69, 9.17) is 10.5 Å². The molecular formula is C18H29N5O2. The van der Waals surface area contributed by atoms with Crippen molar-refractivity contribution in [1.29, 1.82) is 0 Å². The predicted molar refractivity (Wildman–Crippen MR) is 95.2 cm³/mol. The molecule has 138 valence electrons. The molecule has 0 bridgehead atoms. The van der Waals surface area contributed by atoms with E-state index in [2.05, 4.69) is 15.1 Å². The van der Waals surface area contributed by atoms with Crippen LogP contribution in [0, 0.1) is 5.41 Å². The minimum atomic E-state index is -0.137. The lowest BCUT2D eigenvalue weighted by molar-refractivity contribution is -0.00489. The highest BCUT2D eigenvalue weighted by molar-refractivity contribution is 5.68. The second-order valence-corrected chi connectivity index (χ2v) is 7.99. The lowest BCUT2D eigenvalue weighted by Crippen LogP contribution is -2.54. The highest BCUT2D eigenvalue weighted by Gasteiger charge is 2.51. The monoisotopic (exact) mass is 347 g/mol. The van der Waals surface area contributed by atoms with Crippen LogP contribution in [-0.2, 0) is 4.74 Å². The largest absolute Gasteiger partial charge is 0.450 e. The van der Waals surface area contributed by atoms with Crippen LogP contribution in [0.25, 0.3) is 0 Å². The van der Waals surface area contributed by atoms with Gasteiger partial charge in [-0.3, -0.25) is 5.10 Å². The third-order valence-electron chi connectivity index (χ3n) is 6.40. The molecule has 1 amide bonds. The third kappa shape index (κ3) is 3.21. The van der Waals surface area contributed by atoms with E-state index < -0.39 is 0 Å². The van der Waals surface area contributed by atoms with Crippen LogP contribution in [0.3, 0.4) is 0 Å². The number of carbonyl (C=O) groups excluding carboxylic acids is 1. The number of hydrogen-bond acceptors (Lipinski definition) is 5. The summed E-state index contributed by atoms with van der Waals surface area (Å²) in [6, 6.07) is 2.66. The van der Waals surface area contributed by atoms with Gasteiger partial charge in [-0.25, -0.2) is 4.79 Å². The number of aromatic amines is 1. The van der Waals surface area contributed by atoms with Crippen molar-refractivity contribution in [3.05, 3.63) is 11.8 Å². The number of nitrogens with two attached hydrogens (primary N) is 1. The Morgan fingerprint density at radius 2 is 2.16 bits per heavy atom. The number of ether oxygens (including phenoxy) is 1. The van der Waals surface area contributed by atoms with E-state index >= 15 is 0 Å². The molecule has 1 spiro atoms. The van der Waals surface area contributed by atoms with Gasteiger partial charge < -0.3 is 20.3 Å². The smallest absolute Gasteiger partial charge is 0.409 e. The number of H-pyrrole nitrogens is 1. The number of hydrogen-bond donors (Lipinski definition) is 2. The number of nitrogens with zero attached hydrogens (tertiary/aromatic N) is 3. The fourth-order valence-electron chi connectivity index (χ4n) is 4.97. The van der Waals surface area contributed by atoms with E-state index in [1.54, 1.807) is 0 Å². The van der Waals surface area contributed by atoms with Crippen molar-refractivity contribution in [2.75, 3.05) is 38.5 Å². The van der Waals surface area contributed by atoms with Crippen LogP contribution in [0.5, 0.6) is 0 Å². The Balaban J connectivity index is 1.25. The average Bonchev–Trinajstić information content (AvgIpc) is 3.21. The summed E-state index contributed by atoms with van der Waals surface area (Å²) >= 11 is 0. The summed E-state index contributed by atoms with van der Waals surface area (Å²) in [6.07, 6.45) is 5.78. The molecule has 3 fully saturated rings. The standard InChI is InChI=1S/C18H29N5O2/c1-2-25-17(24)23-8-5-18(12-23)10-14(11-18)22-6-3-13(4-7-22)15-9-16(19)21-20-15/h9,13-14H,2-8,10-12H2,1H3,(H3,19,20,21). The van der Waals surface area contributed by atoms with Gasteiger partial charge in [-0.1, -0.05) is 0 Å². The summed E-state index contributed by atoms with van der Waals surface area (Å²) in [5.74, 6) is 1.15. The maximum atomic E-state index is 11.9. The summed E-state index contributed by atoms with van der Waals surface area (Å²) in [4.78, 5) is 16.4. The molecule has 0 atom stereocenters. The zero-order chi connectivity index (χ0) is 17.4. The number of rotatable bonds is 3. The van der Waals surface area contributed by atoms with Crippen LogP contribution in [0.4, 0.5) is 10.6 Å². The Labute approximate surface area is 148 Å². The van der Waals surface area contributed by atoms with Crippen LogP contribution in [0.1, 0.15) is 50.6 Å². The van der Waals surface area contributed by atoms with Crippen LogP contribution in [0.2, 0.25) is 0 Å². The lowest BCUT2D eigenvalue weighted by atomic mass is 9.64. The van der Waals surface area contributed by atoms with Gasteiger partial charge in [0.1, 0.15) is 5.82 Å². The SMILES string of the molecule is CCOC(=O)N1CCC2(CC(N3CCC(c4cc(N)n[nH]4)CC3)C2)C1. The quantitative estimate of drug-likeness (QED) is 0.875. The third-order valence-corrected chi connectivity index (χ3v) is 6.40. The number of anilines is 1. The fourth-order valence-corrected chi connectivity index (χ4v) is 4.97. The first-order chi connectivity index (χ1) is 12.1. The lowest BCUT2D eigenvalue weighted by Gasteiger charge is -2.51. The zero-order valence-corrected chi connectivity index (χ0v) is 15.0. The number of nitrogen functional groups attached to an aromatic ring is 1. The number of likely N-dealkylation sites (tertiary alicyclic amines) is 2. The Bertz CT molecular complexity index is 617. The first-order valence-corrected chi connectivity index (χ1v) is 9.55. The summed E-state index contributed by atoms with van der Waals surface area (Å²) in [7, 11) is 0. The van der Waals surface area contributed by atoms with E-state index in [1.807, 2.05) is 17.9 Å². The Morgan fingerprint density at radius 1 is 1.40 bits per heavy atom. The molecule has 4 rings (SSSR count). The second-order valence-electron chi connectivity index (χ2n) is 7.99. The van der Waals surface area contributed by atoms with Gasteiger partial charge in [0, 0.05) is 36.8 Å². The minimum Gasteiger partial charge on any atom is -0.450 e. The molecule has 3 N–H and O–H groups in total. The molecule has 0 aromatic carbocycles. The molecule has 1 aromatic heterocycles. The van der Waals surface area contributed by atoms with Crippen molar-refractivity contribution in [2.45, 2.75) is 51.0 Å². The van der Waals surface area contributed by atoms with E-state index in [9.17, 15) is 4.79 Å². The van der Waals surface area contributed by atoms with Gasteiger partial charge in [0.2, 0.25) is 0 Å². The molecule has 0 unspecified atom stereocenters. The van der Waals surface area contributed by atoms with E-state index in [0.717, 1.165) is 32.6 Å². The first kappa shape index (κ1) is 16.7. The summed E-state index contributed by atoms with van der Waals surface area (Å²) in [5, 5.41) is 7.12. The van der Waals surface area contributed by atoms with Crippen LogP contribution < -0.4 is 5.73 Å². The van der Waals surface area contributed by atoms with Crippen molar-refractivity contribution < 1.29 is 9.53 Å². The highest BCUT2D eigenvalue weighted by Crippen LogP contribution is 2.51. The van der Waals surface area contributed by atoms with E-state index in [1.165, 1.54) is 31.4 Å².